The molecule has 1 heterocycles. The van der Waals surface area contributed by atoms with Gasteiger partial charge in [0.05, 0.1) is 10.6 Å². The number of anilines is 1. The van der Waals surface area contributed by atoms with Crippen LogP contribution in [0.5, 0.6) is 0 Å². The highest BCUT2D eigenvalue weighted by Crippen LogP contribution is 2.26. The molecule has 1 fully saturated rings. The summed E-state index contributed by atoms with van der Waals surface area (Å²) in [5.74, 6) is 0.205. The molecule has 1 aliphatic heterocycles. The minimum Gasteiger partial charge on any atom is -0.368 e. The molecule has 1 aliphatic rings. The van der Waals surface area contributed by atoms with E-state index in [2.05, 4.69) is 4.90 Å². The number of nitrogens with two attached hydrogens (primary N) is 1. The summed E-state index contributed by atoms with van der Waals surface area (Å²) in [6.45, 7) is 5.51. The number of sulfone groups is 1. The van der Waals surface area contributed by atoms with E-state index < -0.39 is 9.84 Å². The van der Waals surface area contributed by atoms with Gasteiger partial charge in [-0.25, -0.2) is 8.42 Å². The maximum atomic E-state index is 11.9. The summed E-state index contributed by atoms with van der Waals surface area (Å²) in [7, 11) is -3.11. The maximum absolute atomic E-state index is 11.9. The van der Waals surface area contributed by atoms with Gasteiger partial charge in [-0.2, -0.15) is 0 Å². The summed E-state index contributed by atoms with van der Waals surface area (Å²) in [5, 5.41) is 0. The zero-order valence-corrected chi connectivity index (χ0v) is 11.7. The molecule has 100 valence electrons. The Bertz CT molecular complexity index is 512. The Labute approximate surface area is 109 Å². The second kappa shape index (κ2) is 4.55. The molecule has 0 amide bonds. The Morgan fingerprint density at radius 1 is 1.28 bits per heavy atom. The lowest BCUT2D eigenvalue weighted by atomic mass is 9.93. The Balaban J connectivity index is 2.12. The predicted molar refractivity (Wildman–Crippen MR) is 73.6 cm³/mol. The molecule has 0 aliphatic carbocycles. The van der Waals surface area contributed by atoms with Crippen LogP contribution in [0.15, 0.2) is 29.2 Å². The van der Waals surface area contributed by atoms with Crippen LogP contribution in [0.1, 0.15) is 20.3 Å². The van der Waals surface area contributed by atoms with Crippen molar-refractivity contribution in [1.29, 1.82) is 0 Å². The molecule has 2 rings (SSSR count). The standard InChI is InChI=1S/C13H20N2O2S/c1-3-8-18(16,17)12-6-4-11(5-7-12)15-9-13(2,14)10-15/h4-7H,3,8-10,14H2,1-2H3. The second-order valence-corrected chi connectivity index (χ2v) is 7.43. The maximum Gasteiger partial charge on any atom is 0.178 e. The van der Waals surface area contributed by atoms with Crippen molar-refractivity contribution < 1.29 is 8.42 Å². The second-order valence-electron chi connectivity index (χ2n) is 5.32. The first-order valence-corrected chi connectivity index (χ1v) is 7.86. The SMILES string of the molecule is CCCS(=O)(=O)c1ccc(N2CC(C)(N)C2)cc1. The van der Waals surface area contributed by atoms with Crippen molar-refractivity contribution in [3.05, 3.63) is 24.3 Å². The number of hydrogen-bond acceptors (Lipinski definition) is 4. The number of benzene rings is 1. The molecule has 0 saturated carbocycles. The van der Waals surface area contributed by atoms with E-state index in [0.29, 0.717) is 11.3 Å². The molecule has 0 unspecified atom stereocenters. The third-order valence-corrected chi connectivity index (χ3v) is 5.07. The highest BCUT2D eigenvalue weighted by Gasteiger charge is 2.34. The van der Waals surface area contributed by atoms with E-state index in [-0.39, 0.29) is 11.3 Å². The molecule has 0 spiro atoms. The lowest BCUT2D eigenvalue weighted by Crippen LogP contribution is -2.65. The van der Waals surface area contributed by atoms with Crippen LogP contribution in [0.3, 0.4) is 0 Å². The van der Waals surface area contributed by atoms with Crippen molar-refractivity contribution in [2.24, 2.45) is 5.73 Å². The first kappa shape index (κ1) is 13.4. The molecule has 0 radical (unpaired) electrons. The lowest BCUT2D eigenvalue weighted by Gasteiger charge is -2.47. The van der Waals surface area contributed by atoms with Gasteiger partial charge in [-0.3, -0.25) is 0 Å². The van der Waals surface area contributed by atoms with E-state index >= 15 is 0 Å². The summed E-state index contributed by atoms with van der Waals surface area (Å²) in [5.41, 5.74) is 6.87. The molecule has 5 heteroatoms. The van der Waals surface area contributed by atoms with Crippen molar-refractivity contribution in [3.63, 3.8) is 0 Å². The van der Waals surface area contributed by atoms with Crippen LogP contribution in [-0.4, -0.2) is 32.8 Å². The lowest BCUT2D eigenvalue weighted by molar-refractivity contribution is 0.365. The first-order chi connectivity index (χ1) is 8.34. The van der Waals surface area contributed by atoms with Gasteiger partial charge in [0.25, 0.3) is 0 Å². The monoisotopic (exact) mass is 268 g/mol. The van der Waals surface area contributed by atoms with Gasteiger partial charge in [0.15, 0.2) is 9.84 Å². The number of nitrogens with zero attached hydrogens (tertiary/aromatic N) is 1. The first-order valence-electron chi connectivity index (χ1n) is 6.21. The minimum absolute atomic E-state index is 0.118. The van der Waals surface area contributed by atoms with E-state index in [9.17, 15) is 8.42 Å². The van der Waals surface area contributed by atoms with Gasteiger partial charge in [-0.1, -0.05) is 6.92 Å². The van der Waals surface area contributed by atoms with Gasteiger partial charge in [-0.05, 0) is 37.6 Å². The molecule has 1 aromatic carbocycles. The van der Waals surface area contributed by atoms with Crippen LogP contribution in [0.2, 0.25) is 0 Å². The van der Waals surface area contributed by atoms with E-state index in [4.69, 9.17) is 5.73 Å². The van der Waals surface area contributed by atoms with Crippen LogP contribution in [0.4, 0.5) is 5.69 Å². The topological polar surface area (TPSA) is 63.4 Å². The summed E-state index contributed by atoms with van der Waals surface area (Å²) in [4.78, 5) is 2.56. The molecular weight excluding hydrogens is 248 g/mol. The average molecular weight is 268 g/mol. The van der Waals surface area contributed by atoms with Crippen LogP contribution in [0, 0.1) is 0 Å². The molecule has 2 N–H and O–H groups in total. The summed E-state index contributed by atoms with van der Waals surface area (Å²) >= 11 is 0. The number of hydrogen-bond donors (Lipinski definition) is 1. The van der Waals surface area contributed by atoms with Crippen molar-refractivity contribution >= 4 is 15.5 Å². The third kappa shape index (κ3) is 2.67. The third-order valence-electron chi connectivity index (χ3n) is 3.14. The minimum atomic E-state index is -3.11. The highest BCUT2D eigenvalue weighted by molar-refractivity contribution is 7.91. The van der Waals surface area contributed by atoms with Gasteiger partial charge < -0.3 is 10.6 Å². The fraction of sp³-hybridized carbons (Fsp3) is 0.538. The molecule has 0 bridgehead atoms. The Hall–Kier alpha value is -1.07. The predicted octanol–water partition coefficient (Wildman–Crippen LogP) is 1.41. The Kier molecular flexibility index (Phi) is 3.38. The Morgan fingerprint density at radius 2 is 1.83 bits per heavy atom. The summed E-state index contributed by atoms with van der Waals surface area (Å²) in [6, 6.07) is 7.09. The van der Waals surface area contributed by atoms with Crippen molar-refractivity contribution in [2.75, 3.05) is 23.7 Å². The number of rotatable bonds is 4. The quantitative estimate of drug-likeness (QED) is 0.896. The van der Waals surface area contributed by atoms with E-state index in [1.54, 1.807) is 12.1 Å². The molecule has 4 nitrogen and oxygen atoms in total. The summed E-state index contributed by atoms with van der Waals surface area (Å²) in [6.07, 6.45) is 0.641. The molecule has 1 saturated heterocycles. The van der Waals surface area contributed by atoms with E-state index in [0.717, 1.165) is 18.8 Å². The van der Waals surface area contributed by atoms with Crippen molar-refractivity contribution in [3.8, 4) is 0 Å². The molecular formula is C13H20N2O2S. The van der Waals surface area contributed by atoms with Gasteiger partial charge in [0, 0.05) is 24.3 Å². The fourth-order valence-electron chi connectivity index (χ4n) is 2.26. The summed E-state index contributed by atoms with van der Waals surface area (Å²) < 4.78 is 23.7. The fourth-order valence-corrected chi connectivity index (χ4v) is 3.58. The smallest absolute Gasteiger partial charge is 0.178 e. The molecule has 0 aromatic heterocycles. The Morgan fingerprint density at radius 3 is 2.28 bits per heavy atom. The van der Waals surface area contributed by atoms with Crippen molar-refractivity contribution in [1.82, 2.24) is 0 Å². The zero-order chi connectivity index (χ0) is 13.4. The zero-order valence-electron chi connectivity index (χ0n) is 10.9. The molecule has 0 atom stereocenters. The van der Waals surface area contributed by atoms with Crippen molar-refractivity contribution in [2.45, 2.75) is 30.7 Å². The van der Waals surface area contributed by atoms with Gasteiger partial charge in [0.1, 0.15) is 0 Å². The van der Waals surface area contributed by atoms with Crippen LogP contribution in [0.25, 0.3) is 0 Å². The van der Waals surface area contributed by atoms with Crippen LogP contribution < -0.4 is 10.6 Å². The van der Waals surface area contributed by atoms with Crippen LogP contribution >= 0.6 is 0 Å². The largest absolute Gasteiger partial charge is 0.368 e. The molecule has 18 heavy (non-hydrogen) atoms. The van der Waals surface area contributed by atoms with E-state index in [1.807, 2.05) is 26.0 Å². The van der Waals surface area contributed by atoms with Crippen LogP contribution in [-0.2, 0) is 9.84 Å². The normalized spacial score (nSPS) is 18.5. The van der Waals surface area contributed by atoms with Gasteiger partial charge in [0.2, 0.25) is 0 Å². The van der Waals surface area contributed by atoms with E-state index in [1.165, 1.54) is 0 Å². The highest BCUT2D eigenvalue weighted by atomic mass is 32.2. The van der Waals surface area contributed by atoms with Gasteiger partial charge in [-0.15, -0.1) is 0 Å². The molecule has 1 aromatic rings. The van der Waals surface area contributed by atoms with Gasteiger partial charge >= 0.3 is 0 Å². The average Bonchev–Trinajstić information content (AvgIpc) is 2.26.